The highest BCUT2D eigenvalue weighted by Gasteiger charge is 2.13. The van der Waals surface area contributed by atoms with Gasteiger partial charge >= 0.3 is 0 Å². The standard InChI is InChI=1S/C14H10Br2ClNOS/c1-7-4-11(16)13(6-12(7)17)18-14(19)9-5-8(20)2-3-10(9)15/h2-6,20H,1H3,(H,18,19). The van der Waals surface area contributed by atoms with Gasteiger partial charge in [0.1, 0.15) is 0 Å². The van der Waals surface area contributed by atoms with E-state index in [0.29, 0.717) is 20.7 Å². The highest BCUT2D eigenvalue weighted by molar-refractivity contribution is 9.11. The minimum atomic E-state index is -0.228. The van der Waals surface area contributed by atoms with Crippen molar-refractivity contribution in [2.45, 2.75) is 11.8 Å². The third-order valence-electron chi connectivity index (χ3n) is 2.69. The Morgan fingerprint density at radius 1 is 1.20 bits per heavy atom. The van der Waals surface area contributed by atoms with Gasteiger partial charge in [0.05, 0.1) is 11.3 Å². The number of hydrogen-bond donors (Lipinski definition) is 2. The summed E-state index contributed by atoms with van der Waals surface area (Å²) in [7, 11) is 0. The average Bonchev–Trinajstić information content (AvgIpc) is 2.38. The van der Waals surface area contributed by atoms with Crippen molar-refractivity contribution >= 4 is 67.7 Å². The van der Waals surface area contributed by atoms with Crippen molar-refractivity contribution < 1.29 is 4.79 Å². The van der Waals surface area contributed by atoms with E-state index >= 15 is 0 Å². The molecule has 6 heteroatoms. The van der Waals surface area contributed by atoms with E-state index in [1.165, 1.54) is 0 Å². The molecule has 2 aromatic carbocycles. The zero-order chi connectivity index (χ0) is 14.9. The molecular formula is C14H10Br2ClNOS. The Kier molecular flexibility index (Phi) is 5.18. The summed E-state index contributed by atoms with van der Waals surface area (Å²) in [5.41, 5.74) is 2.08. The summed E-state index contributed by atoms with van der Waals surface area (Å²) in [6, 6.07) is 8.88. The summed E-state index contributed by atoms with van der Waals surface area (Å²) >= 11 is 17.1. The molecule has 0 bridgehead atoms. The van der Waals surface area contributed by atoms with Crippen molar-refractivity contribution in [2.24, 2.45) is 0 Å². The number of carbonyl (C=O) groups is 1. The van der Waals surface area contributed by atoms with Gasteiger partial charge in [0, 0.05) is 18.9 Å². The van der Waals surface area contributed by atoms with E-state index in [4.69, 9.17) is 11.6 Å². The van der Waals surface area contributed by atoms with E-state index in [1.807, 2.05) is 19.1 Å². The van der Waals surface area contributed by atoms with Gasteiger partial charge in [-0.25, -0.2) is 0 Å². The van der Waals surface area contributed by atoms with E-state index in [-0.39, 0.29) is 5.91 Å². The van der Waals surface area contributed by atoms with Crippen molar-refractivity contribution in [3.63, 3.8) is 0 Å². The van der Waals surface area contributed by atoms with E-state index < -0.39 is 0 Å². The first-order valence-electron chi connectivity index (χ1n) is 5.64. The lowest BCUT2D eigenvalue weighted by molar-refractivity contribution is 0.102. The molecule has 0 unspecified atom stereocenters. The zero-order valence-electron chi connectivity index (χ0n) is 10.4. The molecule has 0 radical (unpaired) electrons. The molecule has 0 aromatic heterocycles. The summed E-state index contributed by atoms with van der Waals surface area (Å²) in [5.74, 6) is -0.228. The van der Waals surface area contributed by atoms with Gasteiger partial charge in [0.25, 0.3) is 5.91 Å². The van der Waals surface area contributed by atoms with E-state index in [0.717, 1.165) is 14.9 Å². The van der Waals surface area contributed by atoms with Gasteiger partial charge in [-0.05, 0) is 74.7 Å². The van der Waals surface area contributed by atoms with Crippen molar-refractivity contribution in [3.05, 3.63) is 55.4 Å². The predicted molar refractivity (Wildman–Crippen MR) is 93.2 cm³/mol. The van der Waals surface area contributed by atoms with Gasteiger partial charge in [-0.2, -0.15) is 0 Å². The second kappa shape index (κ2) is 6.52. The normalized spacial score (nSPS) is 10.4. The molecule has 0 fully saturated rings. The maximum absolute atomic E-state index is 12.3. The quantitative estimate of drug-likeness (QED) is 0.581. The number of carbonyl (C=O) groups excluding carboxylic acids is 1. The Balaban J connectivity index is 2.32. The molecule has 2 aromatic rings. The van der Waals surface area contributed by atoms with Crippen molar-refractivity contribution in [1.82, 2.24) is 0 Å². The van der Waals surface area contributed by atoms with Crippen LogP contribution in [0.3, 0.4) is 0 Å². The SMILES string of the molecule is Cc1cc(Br)c(NC(=O)c2cc(S)ccc2Br)cc1Cl. The van der Waals surface area contributed by atoms with E-state index in [1.54, 1.807) is 18.2 Å². The summed E-state index contributed by atoms with van der Waals surface area (Å²) in [6.45, 7) is 1.90. The molecule has 0 aliphatic carbocycles. The Morgan fingerprint density at radius 3 is 2.60 bits per heavy atom. The number of thiol groups is 1. The van der Waals surface area contributed by atoms with Crippen molar-refractivity contribution in [2.75, 3.05) is 5.32 Å². The Hall–Kier alpha value is -0.490. The van der Waals surface area contributed by atoms with Crippen LogP contribution in [0.4, 0.5) is 5.69 Å². The van der Waals surface area contributed by atoms with Gasteiger partial charge in [-0.3, -0.25) is 4.79 Å². The lowest BCUT2D eigenvalue weighted by Gasteiger charge is -2.11. The first kappa shape index (κ1) is 15.9. The number of rotatable bonds is 2. The van der Waals surface area contributed by atoms with Crippen LogP contribution < -0.4 is 5.32 Å². The number of anilines is 1. The Labute approximate surface area is 144 Å². The van der Waals surface area contributed by atoms with Crippen LogP contribution in [-0.2, 0) is 0 Å². The maximum Gasteiger partial charge on any atom is 0.256 e. The average molecular weight is 436 g/mol. The number of halogens is 3. The van der Waals surface area contributed by atoms with E-state index in [2.05, 4.69) is 49.8 Å². The lowest BCUT2D eigenvalue weighted by atomic mass is 10.2. The van der Waals surface area contributed by atoms with Crippen LogP contribution in [0, 0.1) is 6.92 Å². The molecule has 2 nitrogen and oxygen atoms in total. The van der Waals surface area contributed by atoms with Crippen LogP contribution >= 0.6 is 56.1 Å². The fourth-order valence-corrected chi connectivity index (χ4v) is 2.97. The minimum Gasteiger partial charge on any atom is -0.321 e. The summed E-state index contributed by atoms with van der Waals surface area (Å²) in [6.07, 6.45) is 0. The second-order valence-corrected chi connectivity index (χ2v) is 6.83. The summed E-state index contributed by atoms with van der Waals surface area (Å²) < 4.78 is 1.49. The van der Waals surface area contributed by atoms with Crippen molar-refractivity contribution in [1.29, 1.82) is 0 Å². The van der Waals surface area contributed by atoms with Crippen LogP contribution in [0.1, 0.15) is 15.9 Å². The summed E-state index contributed by atoms with van der Waals surface area (Å²) in [4.78, 5) is 13.0. The first-order chi connectivity index (χ1) is 9.38. The molecular weight excluding hydrogens is 425 g/mol. The molecule has 20 heavy (non-hydrogen) atoms. The first-order valence-corrected chi connectivity index (χ1v) is 8.05. The smallest absolute Gasteiger partial charge is 0.256 e. The van der Waals surface area contributed by atoms with Crippen molar-refractivity contribution in [3.8, 4) is 0 Å². The highest BCUT2D eigenvalue weighted by Crippen LogP contribution is 2.30. The predicted octanol–water partition coefficient (Wildman–Crippen LogP) is 5.71. The van der Waals surface area contributed by atoms with Gasteiger partial charge in [0.15, 0.2) is 0 Å². The monoisotopic (exact) mass is 433 g/mol. The lowest BCUT2D eigenvalue weighted by Crippen LogP contribution is -2.13. The van der Waals surface area contributed by atoms with Crippen LogP contribution in [0.5, 0.6) is 0 Å². The molecule has 1 amide bonds. The highest BCUT2D eigenvalue weighted by atomic mass is 79.9. The molecule has 0 atom stereocenters. The molecule has 104 valence electrons. The molecule has 1 N–H and O–H groups in total. The number of amides is 1. The Morgan fingerprint density at radius 2 is 1.90 bits per heavy atom. The minimum absolute atomic E-state index is 0.228. The molecule has 0 aliphatic heterocycles. The molecule has 0 heterocycles. The van der Waals surface area contributed by atoms with Gasteiger partial charge in [0.2, 0.25) is 0 Å². The maximum atomic E-state index is 12.3. The fourth-order valence-electron chi connectivity index (χ4n) is 1.62. The van der Waals surface area contributed by atoms with E-state index in [9.17, 15) is 4.79 Å². The molecule has 0 aliphatic rings. The largest absolute Gasteiger partial charge is 0.321 e. The van der Waals surface area contributed by atoms with Crippen LogP contribution in [0.2, 0.25) is 5.02 Å². The van der Waals surface area contributed by atoms with Gasteiger partial charge in [-0.1, -0.05) is 11.6 Å². The van der Waals surface area contributed by atoms with Crippen LogP contribution in [0.25, 0.3) is 0 Å². The van der Waals surface area contributed by atoms with Crippen LogP contribution in [-0.4, -0.2) is 5.91 Å². The molecule has 0 saturated carbocycles. The second-order valence-electron chi connectivity index (χ2n) is 4.20. The van der Waals surface area contributed by atoms with Crippen LogP contribution in [0.15, 0.2) is 44.2 Å². The molecule has 0 spiro atoms. The molecule has 2 rings (SSSR count). The van der Waals surface area contributed by atoms with Gasteiger partial charge in [-0.15, -0.1) is 12.6 Å². The third-order valence-corrected chi connectivity index (χ3v) is 4.72. The molecule has 0 saturated heterocycles. The fraction of sp³-hybridized carbons (Fsp3) is 0.0714. The zero-order valence-corrected chi connectivity index (χ0v) is 15.2. The number of benzene rings is 2. The third kappa shape index (κ3) is 3.58. The number of hydrogen-bond acceptors (Lipinski definition) is 2. The summed E-state index contributed by atoms with van der Waals surface area (Å²) in [5, 5.41) is 3.43. The number of nitrogens with one attached hydrogen (secondary N) is 1. The topological polar surface area (TPSA) is 29.1 Å². The van der Waals surface area contributed by atoms with Gasteiger partial charge < -0.3 is 5.32 Å². The Bertz CT molecular complexity index is 691. The number of aryl methyl sites for hydroxylation is 1.